The van der Waals surface area contributed by atoms with Crippen molar-refractivity contribution in [3.05, 3.63) is 52.8 Å². The van der Waals surface area contributed by atoms with Gasteiger partial charge in [0.1, 0.15) is 0 Å². The first-order valence-corrected chi connectivity index (χ1v) is 8.76. The number of piperidine rings is 1. The van der Waals surface area contributed by atoms with Gasteiger partial charge in [0, 0.05) is 31.0 Å². The molecule has 6 nitrogen and oxygen atoms in total. The van der Waals surface area contributed by atoms with Gasteiger partial charge in [0.05, 0.1) is 10.8 Å². The van der Waals surface area contributed by atoms with Crippen molar-refractivity contribution in [2.75, 3.05) is 13.1 Å². The SMILES string of the molecule is O=C(c1cccs1)N1CCCC(c2nc(-c3ccncc3)no2)C1. The summed E-state index contributed by atoms with van der Waals surface area (Å²) in [4.78, 5) is 23.7. The third-order valence-corrected chi connectivity index (χ3v) is 5.03. The summed E-state index contributed by atoms with van der Waals surface area (Å²) in [6.45, 7) is 1.40. The molecule has 1 saturated heterocycles. The van der Waals surface area contributed by atoms with Crippen LogP contribution in [0.15, 0.2) is 46.6 Å². The third kappa shape index (κ3) is 2.94. The molecule has 7 heteroatoms. The molecule has 3 aromatic rings. The lowest BCUT2D eigenvalue weighted by molar-refractivity contribution is 0.0700. The lowest BCUT2D eigenvalue weighted by atomic mass is 9.98. The summed E-state index contributed by atoms with van der Waals surface area (Å²) in [5.41, 5.74) is 0.877. The molecule has 1 aliphatic heterocycles. The van der Waals surface area contributed by atoms with Gasteiger partial charge in [0.15, 0.2) is 0 Å². The number of nitrogens with zero attached hydrogens (tertiary/aromatic N) is 4. The van der Waals surface area contributed by atoms with E-state index in [1.807, 2.05) is 34.5 Å². The van der Waals surface area contributed by atoms with E-state index in [4.69, 9.17) is 4.52 Å². The standard InChI is InChI=1S/C17H16N4O2S/c22-17(14-4-2-10-24-14)21-9-1-3-13(11-21)16-19-15(20-23-16)12-5-7-18-8-6-12/h2,4-8,10,13H,1,3,9,11H2. The van der Waals surface area contributed by atoms with Gasteiger partial charge < -0.3 is 9.42 Å². The van der Waals surface area contributed by atoms with Crippen molar-refractivity contribution in [1.82, 2.24) is 20.0 Å². The van der Waals surface area contributed by atoms with Crippen LogP contribution in [-0.4, -0.2) is 39.0 Å². The van der Waals surface area contributed by atoms with Gasteiger partial charge >= 0.3 is 0 Å². The molecule has 0 spiro atoms. The van der Waals surface area contributed by atoms with E-state index in [1.165, 1.54) is 11.3 Å². The zero-order chi connectivity index (χ0) is 16.4. The van der Waals surface area contributed by atoms with E-state index >= 15 is 0 Å². The second kappa shape index (κ2) is 6.52. The second-order valence-electron chi connectivity index (χ2n) is 5.76. The maximum Gasteiger partial charge on any atom is 0.263 e. The van der Waals surface area contributed by atoms with E-state index in [0.29, 0.717) is 18.3 Å². The molecule has 0 radical (unpaired) electrons. The summed E-state index contributed by atoms with van der Waals surface area (Å²) in [5.74, 6) is 1.34. The molecule has 0 saturated carbocycles. The van der Waals surface area contributed by atoms with Crippen molar-refractivity contribution in [2.45, 2.75) is 18.8 Å². The predicted molar refractivity (Wildman–Crippen MR) is 89.7 cm³/mol. The van der Waals surface area contributed by atoms with Gasteiger partial charge in [-0.3, -0.25) is 9.78 Å². The number of thiophene rings is 1. The molecule has 1 atom stereocenters. The Hall–Kier alpha value is -2.54. The Morgan fingerprint density at radius 3 is 2.96 bits per heavy atom. The molecular weight excluding hydrogens is 324 g/mol. The van der Waals surface area contributed by atoms with E-state index in [9.17, 15) is 4.79 Å². The molecule has 4 rings (SSSR count). The van der Waals surface area contributed by atoms with Crippen molar-refractivity contribution in [3.8, 4) is 11.4 Å². The summed E-state index contributed by atoms with van der Waals surface area (Å²) >= 11 is 1.47. The van der Waals surface area contributed by atoms with Crippen LogP contribution in [-0.2, 0) is 0 Å². The molecule has 4 heterocycles. The van der Waals surface area contributed by atoms with E-state index in [0.717, 1.165) is 29.8 Å². The van der Waals surface area contributed by atoms with Crippen molar-refractivity contribution in [1.29, 1.82) is 0 Å². The lowest BCUT2D eigenvalue weighted by Crippen LogP contribution is -2.38. The number of pyridine rings is 1. The normalized spacial score (nSPS) is 17.8. The average Bonchev–Trinajstić information content (AvgIpc) is 3.34. The average molecular weight is 340 g/mol. The summed E-state index contributed by atoms with van der Waals surface area (Å²) in [6, 6.07) is 7.47. The summed E-state index contributed by atoms with van der Waals surface area (Å²) < 4.78 is 5.46. The van der Waals surface area contributed by atoms with Crippen molar-refractivity contribution in [3.63, 3.8) is 0 Å². The predicted octanol–water partition coefficient (Wildman–Crippen LogP) is 3.21. The maximum absolute atomic E-state index is 12.5. The Morgan fingerprint density at radius 2 is 2.17 bits per heavy atom. The van der Waals surface area contributed by atoms with Gasteiger partial charge in [0.2, 0.25) is 11.7 Å². The van der Waals surface area contributed by atoms with Crippen LogP contribution in [0.2, 0.25) is 0 Å². The fourth-order valence-corrected chi connectivity index (χ4v) is 3.63. The second-order valence-corrected chi connectivity index (χ2v) is 6.71. The summed E-state index contributed by atoms with van der Waals surface area (Å²) in [7, 11) is 0. The van der Waals surface area contributed by atoms with E-state index in [-0.39, 0.29) is 11.8 Å². The molecule has 1 amide bonds. The zero-order valence-electron chi connectivity index (χ0n) is 13.0. The highest BCUT2D eigenvalue weighted by Gasteiger charge is 2.29. The Morgan fingerprint density at radius 1 is 1.29 bits per heavy atom. The smallest absolute Gasteiger partial charge is 0.263 e. The Labute approximate surface area is 143 Å². The number of carbonyl (C=O) groups is 1. The minimum atomic E-state index is 0.0866. The monoisotopic (exact) mass is 340 g/mol. The number of aromatic nitrogens is 3. The minimum Gasteiger partial charge on any atom is -0.339 e. The fourth-order valence-electron chi connectivity index (χ4n) is 2.94. The van der Waals surface area contributed by atoms with E-state index in [1.54, 1.807) is 12.4 Å². The number of likely N-dealkylation sites (tertiary alicyclic amines) is 1. The van der Waals surface area contributed by atoms with Gasteiger partial charge in [0.25, 0.3) is 5.91 Å². The highest BCUT2D eigenvalue weighted by atomic mass is 32.1. The first-order valence-electron chi connectivity index (χ1n) is 7.88. The first kappa shape index (κ1) is 15.0. The third-order valence-electron chi connectivity index (χ3n) is 4.17. The van der Waals surface area contributed by atoms with Crippen molar-refractivity contribution in [2.24, 2.45) is 0 Å². The van der Waals surface area contributed by atoms with Gasteiger partial charge in [-0.05, 0) is 36.4 Å². The van der Waals surface area contributed by atoms with Crippen LogP contribution in [0, 0.1) is 0 Å². The number of amides is 1. The fraction of sp³-hybridized carbons (Fsp3) is 0.294. The summed E-state index contributed by atoms with van der Waals surface area (Å²) in [5, 5.41) is 5.99. The van der Waals surface area contributed by atoms with E-state index < -0.39 is 0 Å². The Balaban J connectivity index is 1.50. The summed E-state index contributed by atoms with van der Waals surface area (Å²) in [6.07, 6.45) is 5.29. The molecule has 24 heavy (non-hydrogen) atoms. The minimum absolute atomic E-state index is 0.0866. The van der Waals surface area contributed by atoms with Crippen molar-refractivity contribution >= 4 is 17.2 Å². The Bertz CT molecular complexity index is 816. The van der Waals surface area contributed by atoms with Crippen LogP contribution in [0.4, 0.5) is 0 Å². The molecule has 122 valence electrons. The Kier molecular flexibility index (Phi) is 4.08. The maximum atomic E-state index is 12.5. The van der Waals surface area contributed by atoms with Crippen molar-refractivity contribution < 1.29 is 9.32 Å². The van der Waals surface area contributed by atoms with E-state index in [2.05, 4.69) is 15.1 Å². The van der Waals surface area contributed by atoms with Gasteiger partial charge in [-0.1, -0.05) is 11.2 Å². The first-order chi connectivity index (χ1) is 11.8. The van der Waals surface area contributed by atoms with Crippen LogP contribution in [0.5, 0.6) is 0 Å². The molecule has 1 fully saturated rings. The van der Waals surface area contributed by atoms with Crippen LogP contribution >= 0.6 is 11.3 Å². The van der Waals surface area contributed by atoms with Gasteiger partial charge in [-0.15, -0.1) is 11.3 Å². The molecule has 0 aromatic carbocycles. The van der Waals surface area contributed by atoms with Crippen LogP contribution in [0.3, 0.4) is 0 Å². The quantitative estimate of drug-likeness (QED) is 0.732. The molecule has 0 aliphatic carbocycles. The highest BCUT2D eigenvalue weighted by molar-refractivity contribution is 7.12. The number of hydrogen-bond donors (Lipinski definition) is 0. The molecule has 1 aliphatic rings. The number of carbonyl (C=O) groups excluding carboxylic acids is 1. The van der Waals surface area contributed by atoms with Gasteiger partial charge in [-0.2, -0.15) is 4.98 Å². The van der Waals surface area contributed by atoms with Crippen LogP contribution in [0.1, 0.15) is 34.3 Å². The largest absolute Gasteiger partial charge is 0.339 e. The van der Waals surface area contributed by atoms with Gasteiger partial charge in [-0.25, -0.2) is 0 Å². The lowest BCUT2D eigenvalue weighted by Gasteiger charge is -2.30. The van der Waals surface area contributed by atoms with Crippen LogP contribution < -0.4 is 0 Å². The number of hydrogen-bond acceptors (Lipinski definition) is 6. The highest BCUT2D eigenvalue weighted by Crippen LogP contribution is 2.28. The molecule has 3 aromatic heterocycles. The molecule has 1 unspecified atom stereocenters. The topological polar surface area (TPSA) is 72.1 Å². The number of rotatable bonds is 3. The molecular formula is C17H16N4O2S. The van der Waals surface area contributed by atoms with Crippen LogP contribution in [0.25, 0.3) is 11.4 Å². The molecule has 0 N–H and O–H groups in total. The molecule has 0 bridgehead atoms. The zero-order valence-corrected chi connectivity index (χ0v) is 13.8.